The molecule has 0 aliphatic carbocycles. The monoisotopic (exact) mass is 205 g/mol. The summed E-state index contributed by atoms with van der Waals surface area (Å²) in [6.45, 7) is 0.0435. The van der Waals surface area contributed by atoms with Crippen molar-refractivity contribution >= 4 is 5.91 Å². The molecule has 0 bridgehead atoms. The van der Waals surface area contributed by atoms with Crippen LogP contribution < -0.4 is 10.2 Å². The maximum Gasteiger partial charge on any atom is 0.274 e. The van der Waals surface area contributed by atoms with Crippen molar-refractivity contribution in [2.24, 2.45) is 0 Å². The summed E-state index contributed by atoms with van der Waals surface area (Å²) in [5, 5.41) is 0. The van der Waals surface area contributed by atoms with E-state index < -0.39 is 0 Å². The van der Waals surface area contributed by atoms with E-state index in [4.69, 9.17) is 11.2 Å². The highest BCUT2D eigenvalue weighted by Gasteiger charge is 2.04. The van der Waals surface area contributed by atoms with Gasteiger partial charge >= 0.3 is 0 Å². The maximum absolute atomic E-state index is 11.4. The number of benzene rings is 1. The molecule has 0 saturated carbocycles. The molecule has 0 aromatic heterocycles. The summed E-state index contributed by atoms with van der Waals surface area (Å²) in [6, 6.07) is 6.65. The summed E-state index contributed by atoms with van der Waals surface area (Å²) in [6.07, 6.45) is 4.95. The van der Waals surface area contributed by atoms with Gasteiger partial charge in [-0.15, -0.1) is 6.42 Å². The largest absolute Gasteiger partial charge is 0.497 e. The first-order valence-electron chi connectivity index (χ1n) is 4.27. The normalized spacial score (nSPS) is 9.07. The third-order valence-electron chi connectivity index (χ3n) is 1.67. The Hall–Kier alpha value is -1.99. The zero-order valence-electron chi connectivity index (χ0n) is 8.32. The van der Waals surface area contributed by atoms with Gasteiger partial charge in [-0.3, -0.25) is 9.63 Å². The van der Waals surface area contributed by atoms with Crippen LogP contribution in [-0.2, 0) is 4.84 Å². The molecule has 0 aliphatic rings. The van der Waals surface area contributed by atoms with Gasteiger partial charge in [0.05, 0.1) is 7.11 Å². The molecular formula is C11H11NO3. The molecule has 4 nitrogen and oxygen atoms in total. The van der Waals surface area contributed by atoms with Crippen LogP contribution in [0.15, 0.2) is 24.3 Å². The van der Waals surface area contributed by atoms with Crippen molar-refractivity contribution in [2.75, 3.05) is 13.7 Å². The van der Waals surface area contributed by atoms with Crippen molar-refractivity contribution in [3.05, 3.63) is 29.8 Å². The number of carbonyl (C=O) groups is 1. The zero-order chi connectivity index (χ0) is 11.1. The quantitative estimate of drug-likeness (QED) is 0.453. The van der Waals surface area contributed by atoms with Crippen molar-refractivity contribution < 1.29 is 14.4 Å². The van der Waals surface area contributed by atoms with Crippen molar-refractivity contribution in [1.29, 1.82) is 0 Å². The number of carbonyl (C=O) groups excluding carboxylic acids is 1. The lowest BCUT2D eigenvalue weighted by molar-refractivity contribution is 0.0438. The van der Waals surface area contributed by atoms with Crippen molar-refractivity contribution in [2.45, 2.75) is 0 Å². The standard InChI is InChI=1S/C11H11NO3/c1-3-8-15-12-11(13)9-4-6-10(14-2)7-5-9/h1,4-7H,8H2,2H3,(H,12,13). The summed E-state index contributed by atoms with van der Waals surface area (Å²) in [7, 11) is 1.56. The number of nitrogens with one attached hydrogen (secondary N) is 1. The Morgan fingerprint density at radius 1 is 1.47 bits per heavy atom. The predicted molar refractivity (Wildman–Crippen MR) is 55.2 cm³/mol. The van der Waals surface area contributed by atoms with E-state index in [2.05, 4.69) is 16.2 Å². The van der Waals surface area contributed by atoms with Crippen molar-refractivity contribution in [3.8, 4) is 18.1 Å². The molecule has 4 heteroatoms. The van der Waals surface area contributed by atoms with Gasteiger partial charge in [-0.2, -0.15) is 0 Å². The van der Waals surface area contributed by atoms with Gasteiger partial charge in [-0.05, 0) is 24.3 Å². The first-order chi connectivity index (χ1) is 7.27. The average Bonchev–Trinajstić information content (AvgIpc) is 2.29. The van der Waals surface area contributed by atoms with Crippen LogP contribution in [0.5, 0.6) is 5.75 Å². The smallest absolute Gasteiger partial charge is 0.274 e. The minimum atomic E-state index is -0.340. The molecule has 0 atom stereocenters. The number of methoxy groups -OCH3 is 1. The number of hydroxylamine groups is 1. The predicted octanol–water partition coefficient (Wildman–Crippen LogP) is 0.990. The highest BCUT2D eigenvalue weighted by Crippen LogP contribution is 2.10. The first kappa shape index (κ1) is 11.1. The van der Waals surface area contributed by atoms with Gasteiger partial charge in [0, 0.05) is 5.56 Å². The van der Waals surface area contributed by atoms with E-state index in [9.17, 15) is 4.79 Å². The summed E-state index contributed by atoms with van der Waals surface area (Å²) >= 11 is 0. The number of hydrogen-bond acceptors (Lipinski definition) is 3. The van der Waals surface area contributed by atoms with E-state index in [1.54, 1.807) is 31.4 Å². The lowest BCUT2D eigenvalue weighted by Gasteiger charge is -2.04. The van der Waals surface area contributed by atoms with Crippen molar-refractivity contribution in [1.82, 2.24) is 5.48 Å². The molecule has 1 rings (SSSR count). The van der Waals surface area contributed by atoms with Crippen LogP contribution in [-0.4, -0.2) is 19.6 Å². The highest BCUT2D eigenvalue weighted by atomic mass is 16.6. The summed E-state index contributed by atoms with van der Waals surface area (Å²) in [5.74, 6) is 2.59. The van der Waals surface area contributed by atoms with Crippen molar-refractivity contribution in [3.63, 3.8) is 0 Å². The Kier molecular flexibility index (Phi) is 4.20. The minimum absolute atomic E-state index is 0.0435. The Morgan fingerprint density at radius 2 is 2.13 bits per heavy atom. The number of ether oxygens (including phenoxy) is 1. The molecule has 0 radical (unpaired) electrons. The molecule has 0 fully saturated rings. The fourth-order valence-electron chi connectivity index (χ4n) is 0.945. The third-order valence-corrected chi connectivity index (χ3v) is 1.67. The van der Waals surface area contributed by atoms with Crippen LogP contribution >= 0.6 is 0 Å². The van der Waals surface area contributed by atoms with E-state index in [-0.39, 0.29) is 12.5 Å². The summed E-state index contributed by atoms with van der Waals surface area (Å²) in [5.41, 5.74) is 2.69. The van der Waals surface area contributed by atoms with E-state index in [0.29, 0.717) is 11.3 Å². The molecule has 1 aromatic rings. The van der Waals surface area contributed by atoms with Crippen LogP contribution in [0.2, 0.25) is 0 Å². The maximum atomic E-state index is 11.4. The fourth-order valence-corrected chi connectivity index (χ4v) is 0.945. The Morgan fingerprint density at radius 3 is 2.67 bits per heavy atom. The molecule has 0 aliphatic heterocycles. The van der Waals surface area contributed by atoms with Crippen LogP contribution in [0, 0.1) is 12.3 Å². The molecule has 0 saturated heterocycles. The molecular weight excluding hydrogens is 194 g/mol. The molecule has 0 spiro atoms. The van der Waals surface area contributed by atoms with Crippen LogP contribution in [0.25, 0.3) is 0 Å². The molecule has 15 heavy (non-hydrogen) atoms. The van der Waals surface area contributed by atoms with Crippen LogP contribution in [0.1, 0.15) is 10.4 Å². The lowest BCUT2D eigenvalue weighted by atomic mass is 10.2. The van der Waals surface area contributed by atoms with Gasteiger partial charge < -0.3 is 4.74 Å². The minimum Gasteiger partial charge on any atom is -0.497 e. The molecule has 1 N–H and O–H groups in total. The van der Waals surface area contributed by atoms with Gasteiger partial charge in [0.2, 0.25) is 0 Å². The van der Waals surface area contributed by atoms with Gasteiger partial charge in [-0.25, -0.2) is 5.48 Å². The van der Waals surface area contributed by atoms with Crippen LogP contribution in [0.4, 0.5) is 0 Å². The second kappa shape index (κ2) is 5.68. The second-order valence-electron chi connectivity index (χ2n) is 2.65. The van der Waals surface area contributed by atoms with E-state index >= 15 is 0 Å². The number of terminal acetylenes is 1. The molecule has 0 heterocycles. The Bertz CT molecular complexity index is 364. The van der Waals surface area contributed by atoms with Gasteiger partial charge in [0.15, 0.2) is 0 Å². The Labute approximate surface area is 88.1 Å². The Balaban J connectivity index is 2.55. The SMILES string of the molecule is C#CCONC(=O)c1ccc(OC)cc1. The van der Waals surface area contributed by atoms with Gasteiger partial charge in [-0.1, -0.05) is 5.92 Å². The lowest BCUT2D eigenvalue weighted by Crippen LogP contribution is -2.23. The van der Waals surface area contributed by atoms with Crippen LogP contribution in [0.3, 0.4) is 0 Å². The van der Waals surface area contributed by atoms with Gasteiger partial charge in [0.25, 0.3) is 5.91 Å². The topological polar surface area (TPSA) is 47.6 Å². The summed E-state index contributed by atoms with van der Waals surface area (Å²) in [4.78, 5) is 16.1. The van der Waals surface area contributed by atoms with Gasteiger partial charge in [0.1, 0.15) is 12.4 Å². The van der Waals surface area contributed by atoms with E-state index in [1.807, 2.05) is 0 Å². The molecule has 1 amide bonds. The number of amides is 1. The fraction of sp³-hybridized carbons (Fsp3) is 0.182. The molecule has 78 valence electrons. The first-order valence-corrected chi connectivity index (χ1v) is 4.27. The van der Waals surface area contributed by atoms with E-state index in [0.717, 1.165) is 0 Å². The second-order valence-corrected chi connectivity index (χ2v) is 2.65. The molecule has 1 aromatic carbocycles. The highest BCUT2D eigenvalue weighted by molar-refractivity contribution is 5.93. The number of hydrogen-bond donors (Lipinski definition) is 1. The average molecular weight is 205 g/mol. The van der Waals surface area contributed by atoms with E-state index in [1.165, 1.54) is 0 Å². The summed E-state index contributed by atoms with van der Waals surface area (Å²) < 4.78 is 4.96. The zero-order valence-corrected chi connectivity index (χ0v) is 8.32. The molecule has 0 unspecified atom stereocenters. The number of rotatable bonds is 4. The third kappa shape index (κ3) is 3.33.